The summed E-state index contributed by atoms with van der Waals surface area (Å²) in [5, 5.41) is 0. The van der Waals surface area contributed by atoms with Crippen LogP contribution in [0.5, 0.6) is 0 Å². The number of allylic oxidation sites excluding steroid dienone is 2. The Morgan fingerprint density at radius 1 is 1.13 bits per heavy atom. The molecule has 0 saturated heterocycles. The third kappa shape index (κ3) is 4.26. The van der Waals surface area contributed by atoms with E-state index in [2.05, 4.69) is 24.7 Å². The van der Waals surface area contributed by atoms with Gasteiger partial charge in [-0.3, -0.25) is 0 Å². The first-order valence-electron chi connectivity index (χ1n) is 6.06. The molecule has 15 heavy (non-hydrogen) atoms. The Hall–Kier alpha value is -1.14. The molecule has 0 aromatic heterocycles. The zero-order valence-electron chi connectivity index (χ0n) is 9.73. The maximum atomic E-state index is 5.52. The fourth-order valence-electron chi connectivity index (χ4n) is 1.81. The third-order valence-electron chi connectivity index (χ3n) is 2.79. The topological polar surface area (TPSA) is 0 Å². The third-order valence-corrected chi connectivity index (χ3v) is 2.79. The van der Waals surface area contributed by atoms with E-state index < -0.39 is 0 Å². The van der Waals surface area contributed by atoms with E-state index in [1.807, 2.05) is 0 Å². The highest BCUT2D eigenvalue weighted by molar-refractivity contribution is 5.42. The van der Waals surface area contributed by atoms with Gasteiger partial charge in [0, 0.05) is 17.6 Å². The maximum absolute atomic E-state index is 5.52. The molecular weight excluding hydrogens is 180 g/mol. The number of terminal acetylenes is 1. The minimum absolute atomic E-state index is 1.01. The van der Waals surface area contributed by atoms with Gasteiger partial charge in [-0.1, -0.05) is 37.5 Å². The summed E-state index contributed by atoms with van der Waals surface area (Å²) < 4.78 is 0. The van der Waals surface area contributed by atoms with Gasteiger partial charge in [0.15, 0.2) is 0 Å². The number of unbranched alkanes of at least 4 members (excludes halogenated alkanes) is 2. The Morgan fingerprint density at radius 2 is 1.87 bits per heavy atom. The van der Waals surface area contributed by atoms with Crippen LogP contribution in [0.25, 0.3) is 0 Å². The predicted octanol–water partition coefficient (Wildman–Crippen LogP) is 4.07. The SMILES string of the molecule is C#CC1=C(C#CCCCC)CCCCC1. The zero-order chi connectivity index (χ0) is 10.9. The van der Waals surface area contributed by atoms with Crippen LogP contribution in [0, 0.1) is 24.2 Å². The van der Waals surface area contributed by atoms with Crippen LogP contribution in [0.15, 0.2) is 11.1 Å². The van der Waals surface area contributed by atoms with Crippen molar-refractivity contribution in [2.45, 2.75) is 58.3 Å². The van der Waals surface area contributed by atoms with Crippen molar-refractivity contribution in [3.8, 4) is 24.2 Å². The lowest BCUT2D eigenvalue weighted by molar-refractivity contribution is 0.711. The molecule has 0 saturated carbocycles. The first kappa shape index (κ1) is 11.9. The minimum Gasteiger partial charge on any atom is -0.115 e. The number of hydrogen-bond acceptors (Lipinski definition) is 0. The summed E-state index contributed by atoms with van der Waals surface area (Å²) in [6.07, 6.45) is 14.9. The van der Waals surface area contributed by atoms with E-state index in [1.165, 1.54) is 37.7 Å². The summed E-state index contributed by atoms with van der Waals surface area (Å²) in [6, 6.07) is 0. The highest BCUT2D eigenvalue weighted by Crippen LogP contribution is 2.22. The van der Waals surface area contributed by atoms with Crippen molar-refractivity contribution in [3.63, 3.8) is 0 Å². The van der Waals surface area contributed by atoms with Crippen molar-refractivity contribution in [2.24, 2.45) is 0 Å². The molecule has 0 amide bonds. The Morgan fingerprint density at radius 3 is 2.53 bits per heavy atom. The Bertz CT molecular complexity index is 314. The van der Waals surface area contributed by atoms with Crippen LogP contribution in [-0.4, -0.2) is 0 Å². The van der Waals surface area contributed by atoms with E-state index >= 15 is 0 Å². The molecule has 0 radical (unpaired) electrons. The summed E-state index contributed by atoms with van der Waals surface area (Å²) in [5.74, 6) is 9.34. The van der Waals surface area contributed by atoms with Crippen molar-refractivity contribution >= 4 is 0 Å². The highest BCUT2D eigenvalue weighted by atomic mass is 14.1. The Kier molecular flexibility index (Phi) is 5.72. The average Bonchev–Trinajstić information content (AvgIpc) is 2.49. The van der Waals surface area contributed by atoms with Crippen LogP contribution < -0.4 is 0 Å². The zero-order valence-corrected chi connectivity index (χ0v) is 9.73. The molecule has 80 valence electrons. The smallest absolute Gasteiger partial charge is 0.0136 e. The molecular formula is C15H20. The van der Waals surface area contributed by atoms with E-state index in [4.69, 9.17) is 6.42 Å². The van der Waals surface area contributed by atoms with Crippen molar-refractivity contribution in [1.82, 2.24) is 0 Å². The highest BCUT2D eigenvalue weighted by Gasteiger charge is 2.07. The molecule has 0 nitrogen and oxygen atoms in total. The normalized spacial score (nSPS) is 16.3. The summed E-state index contributed by atoms with van der Waals surface area (Å²) >= 11 is 0. The van der Waals surface area contributed by atoms with Gasteiger partial charge >= 0.3 is 0 Å². The predicted molar refractivity (Wildman–Crippen MR) is 66.2 cm³/mol. The lowest BCUT2D eigenvalue weighted by atomic mass is 10.0. The standard InChI is InChI=1S/C15H20/c1-3-5-6-8-12-15-13-10-7-9-11-14(15)4-2/h2H,3,5-7,9-11,13H2,1H3. The monoisotopic (exact) mass is 200 g/mol. The number of hydrogen-bond donors (Lipinski definition) is 0. The summed E-state index contributed by atoms with van der Waals surface area (Å²) in [5.41, 5.74) is 2.41. The molecule has 0 heteroatoms. The molecule has 0 spiro atoms. The van der Waals surface area contributed by atoms with Gasteiger partial charge in [-0.25, -0.2) is 0 Å². The molecule has 0 aromatic rings. The van der Waals surface area contributed by atoms with E-state index in [1.54, 1.807) is 0 Å². The second-order valence-electron chi connectivity index (χ2n) is 4.07. The van der Waals surface area contributed by atoms with E-state index in [0.717, 1.165) is 24.8 Å². The molecule has 1 rings (SSSR count). The Balaban J connectivity index is 2.64. The molecule has 0 bridgehead atoms. The van der Waals surface area contributed by atoms with Crippen LogP contribution in [0.3, 0.4) is 0 Å². The van der Waals surface area contributed by atoms with Gasteiger partial charge < -0.3 is 0 Å². The fraction of sp³-hybridized carbons (Fsp3) is 0.600. The lowest BCUT2D eigenvalue weighted by Gasteiger charge is -1.98. The lowest BCUT2D eigenvalue weighted by Crippen LogP contribution is -1.85. The van der Waals surface area contributed by atoms with E-state index in [-0.39, 0.29) is 0 Å². The van der Waals surface area contributed by atoms with Crippen LogP contribution in [0.1, 0.15) is 58.3 Å². The van der Waals surface area contributed by atoms with E-state index in [9.17, 15) is 0 Å². The summed E-state index contributed by atoms with van der Waals surface area (Å²) in [7, 11) is 0. The van der Waals surface area contributed by atoms with Gasteiger partial charge in [0.05, 0.1) is 0 Å². The van der Waals surface area contributed by atoms with Crippen LogP contribution >= 0.6 is 0 Å². The molecule has 0 unspecified atom stereocenters. The van der Waals surface area contributed by atoms with Gasteiger partial charge in [-0.15, -0.1) is 6.42 Å². The number of rotatable bonds is 2. The minimum atomic E-state index is 1.01. The molecule has 1 aliphatic rings. The van der Waals surface area contributed by atoms with Crippen LogP contribution in [-0.2, 0) is 0 Å². The summed E-state index contributed by atoms with van der Waals surface area (Å²) in [4.78, 5) is 0. The van der Waals surface area contributed by atoms with Gasteiger partial charge in [0.1, 0.15) is 0 Å². The van der Waals surface area contributed by atoms with Gasteiger partial charge in [-0.05, 0) is 32.1 Å². The molecule has 0 aromatic carbocycles. The van der Waals surface area contributed by atoms with Crippen molar-refractivity contribution in [2.75, 3.05) is 0 Å². The second kappa shape index (κ2) is 7.19. The molecule has 1 aliphatic carbocycles. The Labute approximate surface area is 94.2 Å². The van der Waals surface area contributed by atoms with Gasteiger partial charge in [-0.2, -0.15) is 0 Å². The molecule has 0 atom stereocenters. The summed E-state index contributed by atoms with van der Waals surface area (Å²) in [6.45, 7) is 2.19. The van der Waals surface area contributed by atoms with Crippen molar-refractivity contribution in [3.05, 3.63) is 11.1 Å². The van der Waals surface area contributed by atoms with Crippen molar-refractivity contribution < 1.29 is 0 Å². The second-order valence-corrected chi connectivity index (χ2v) is 4.07. The van der Waals surface area contributed by atoms with Crippen molar-refractivity contribution in [1.29, 1.82) is 0 Å². The first-order valence-corrected chi connectivity index (χ1v) is 6.06. The molecule has 0 fully saturated rings. The van der Waals surface area contributed by atoms with Gasteiger partial charge in [0.25, 0.3) is 0 Å². The average molecular weight is 200 g/mol. The fourth-order valence-corrected chi connectivity index (χ4v) is 1.81. The van der Waals surface area contributed by atoms with E-state index in [0.29, 0.717) is 0 Å². The molecule has 0 aliphatic heterocycles. The van der Waals surface area contributed by atoms with Crippen LogP contribution in [0.4, 0.5) is 0 Å². The molecule has 0 heterocycles. The quantitative estimate of drug-likeness (QED) is 0.465. The first-order chi connectivity index (χ1) is 7.38. The van der Waals surface area contributed by atoms with Gasteiger partial charge in [0.2, 0.25) is 0 Å². The largest absolute Gasteiger partial charge is 0.115 e. The molecule has 0 N–H and O–H groups in total. The maximum Gasteiger partial charge on any atom is 0.0136 e. The van der Waals surface area contributed by atoms with Crippen LogP contribution in [0.2, 0.25) is 0 Å².